The average Bonchev–Trinajstić information content (AvgIpc) is 3.06. The number of nitrogens with zero attached hydrogens (tertiary/aromatic N) is 1. The summed E-state index contributed by atoms with van der Waals surface area (Å²) in [7, 11) is 0. The van der Waals surface area contributed by atoms with Crippen molar-refractivity contribution in [2.75, 3.05) is 26.3 Å². The molecule has 0 aromatic heterocycles. The Bertz CT molecular complexity index is 712. The summed E-state index contributed by atoms with van der Waals surface area (Å²) in [5.74, 6) is 0.656. The molecule has 1 unspecified atom stereocenters. The summed E-state index contributed by atoms with van der Waals surface area (Å²) in [6.07, 6.45) is 1.80. The Morgan fingerprint density at radius 1 is 1.17 bits per heavy atom. The Hall–Kier alpha value is -1.91. The number of fused-ring (bicyclic) bond motifs is 1. The number of benzene rings is 2. The van der Waals surface area contributed by atoms with Crippen molar-refractivity contribution in [1.82, 2.24) is 4.90 Å². The van der Waals surface area contributed by atoms with E-state index in [1.165, 1.54) is 16.3 Å². The van der Waals surface area contributed by atoms with Crippen LogP contribution in [0.1, 0.15) is 18.4 Å². The van der Waals surface area contributed by atoms with E-state index in [0.717, 1.165) is 32.7 Å². The van der Waals surface area contributed by atoms with Crippen LogP contribution in [0, 0.1) is 5.92 Å². The number of amides is 1. The first-order valence-electron chi connectivity index (χ1n) is 8.73. The van der Waals surface area contributed by atoms with Crippen molar-refractivity contribution in [3.63, 3.8) is 0 Å². The number of ether oxygens (including phenoxy) is 2. The molecule has 4 nitrogen and oxygen atoms in total. The van der Waals surface area contributed by atoms with Gasteiger partial charge in [-0.15, -0.1) is 0 Å². The molecule has 0 spiro atoms. The van der Waals surface area contributed by atoms with E-state index in [1.807, 2.05) is 4.90 Å². The Labute approximate surface area is 142 Å². The number of carbonyl (C=O) groups is 1. The highest BCUT2D eigenvalue weighted by Gasteiger charge is 2.32. The topological polar surface area (TPSA) is 38.8 Å². The van der Waals surface area contributed by atoms with Crippen LogP contribution < -0.4 is 0 Å². The smallest absolute Gasteiger partial charge is 0.223 e. The molecule has 0 radical (unpaired) electrons. The largest absolute Gasteiger partial charge is 0.381 e. The van der Waals surface area contributed by atoms with E-state index >= 15 is 0 Å². The Balaban J connectivity index is 1.27. The van der Waals surface area contributed by atoms with Gasteiger partial charge in [0.2, 0.25) is 5.91 Å². The van der Waals surface area contributed by atoms with Crippen molar-refractivity contribution in [2.24, 2.45) is 5.92 Å². The predicted octanol–water partition coefficient (Wildman–Crippen LogP) is 2.99. The highest BCUT2D eigenvalue weighted by atomic mass is 16.5. The van der Waals surface area contributed by atoms with Gasteiger partial charge in [-0.05, 0) is 28.7 Å². The summed E-state index contributed by atoms with van der Waals surface area (Å²) in [5.41, 5.74) is 1.21. The van der Waals surface area contributed by atoms with Crippen molar-refractivity contribution in [3.8, 4) is 0 Å². The fourth-order valence-corrected chi connectivity index (χ4v) is 3.49. The highest BCUT2D eigenvalue weighted by molar-refractivity contribution is 5.85. The fourth-order valence-electron chi connectivity index (χ4n) is 3.49. The fraction of sp³-hybridized carbons (Fsp3) is 0.450. The van der Waals surface area contributed by atoms with Crippen LogP contribution in [0.3, 0.4) is 0 Å². The van der Waals surface area contributed by atoms with Crippen LogP contribution in [-0.2, 0) is 20.9 Å². The quantitative estimate of drug-likeness (QED) is 0.848. The number of rotatable bonds is 5. The van der Waals surface area contributed by atoms with E-state index in [2.05, 4.69) is 42.5 Å². The number of hydrogen-bond acceptors (Lipinski definition) is 3. The molecular formula is C20H23NO3. The molecule has 2 aromatic carbocycles. The summed E-state index contributed by atoms with van der Waals surface area (Å²) in [6.45, 7) is 3.58. The molecule has 24 heavy (non-hydrogen) atoms. The second kappa shape index (κ2) is 6.91. The van der Waals surface area contributed by atoms with Crippen molar-refractivity contribution in [2.45, 2.75) is 25.6 Å². The minimum Gasteiger partial charge on any atom is -0.381 e. The second-order valence-corrected chi connectivity index (χ2v) is 6.80. The lowest BCUT2D eigenvalue weighted by Gasteiger charge is -2.39. The third-order valence-electron chi connectivity index (χ3n) is 5.04. The molecule has 4 heteroatoms. The molecule has 1 atom stereocenters. The standard InChI is InChI=1S/C20H23NO3/c22-20(10-15-8-9-23-13-15)21-11-18(12-21)24-14-17-6-3-5-16-4-1-2-7-19(16)17/h1-7,15,18H,8-14H2. The maximum atomic E-state index is 12.2. The zero-order valence-corrected chi connectivity index (χ0v) is 13.8. The van der Waals surface area contributed by atoms with Crippen molar-refractivity contribution >= 4 is 16.7 Å². The highest BCUT2D eigenvalue weighted by Crippen LogP contribution is 2.23. The van der Waals surface area contributed by atoms with Gasteiger partial charge in [0, 0.05) is 32.7 Å². The third kappa shape index (κ3) is 3.30. The maximum absolute atomic E-state index is 12.2. The number of hydrogen-bond donors (Lipinski definition) is 0. The summed E-state index contributed by atoms with van der Waals surface area (Å²) in [5, 5.41) is 2.48. The van der Waals surface area contributed by atoms with E-state index < -0.39 is 0 Å². The van der Waals surface area contributed by atoms with Gasteiger partial charge in [0.1, 0.15) is 0 Å². The van der Waals surface area contributed by atoms with Crippen LogP contribution in [-0.4, -0.2) is 43.2 Å². The molecule has 2 fully saturated rings. The zero-order valence-electron chi connectivity index (χ0n) is 13.8. The molecule has 2 heterocycles. The van der Waals surface area contributed by atoms with Gasteiger partial charge in [-0.3, -0.25) is 4.79 Å². The monoisotopic (exact) mass is 325 g/mol. The maximum Gasteiger partial charge on any atom is 0.223 e. The van der Waals surface area contributed by atoms with Gasteiger partial charge in [-0.1, -0.05) is 42.5 Å². The summed E-state index contributed by atoms with van der Waals surface area (Å²) < 4.78 is 11.3. The van der Waals surface area contributed by atoms with Gasteiger partial charge < -0.3 is 14.4 Å². The van der Waals surface area contributed by atoms with Gasteiger partial charge in [0.15, 0.2) is 0 Å². The first-order chi connectivity index (χ1) is 11.8. The lowest BCUT2D eigenvalue weighted by molar-refractivity contribution is -0.146. The molecule has 4 rings (SSSR count). The predicted molar refractivity (Wildman–Crippen MR) is 92.6 cm³/mol. The molecule has 126 valence electrons. The summed E-state index contributed by atoms with van der Waals surface area (Å²) >= 11 is 0. The molecule has 0 bridgehead atoms. The molecular weight excluding hydrogens is 302 g/mol. The van der Waals surface area contributed by atoms with Crippen LogP contribution in [0.15, 0.2) is 42.5 Å². The molecule has 0 N–H and O–H groups in total. The molecule has 0 aliphatic carbocycles. The third-order valence-corrected chi connectivity index (χ3v) is 5.04. The van der Waals surface area contributed by atoms with Gasteiger partial charge in [0.25, 0.3) is 0 Å². The van der Waals surface area contributed by atoms with Crippen molar-refractivity contribution in [3.05, 3.63) is 48.0 Å². The van der Waals surface area contributed by atoms with Crippen molar-refractivity contribution < 1.29 is 14.3 Å². The number of carbonyl (C=O) groups excluding carboxylic acids is 1. The SMILES string of the molecule is O=C(CC1CCOC1)N1CC(OCc2cccc3ccccc23)C1. The number of likely N-dealkylation sites (tertiary alicyclic amines) is 1. The van der Waals surface area contributed by atoms with Crippen LogP contribution in [0.5, 0.6) is 0 Å². The molecule has 1 amide bonds. The lowest BCUT2D eigenvalue weighted by Crippen LogP contribution is -2.55. The van der Waals surface area contributed by atoms with E-state index in [9.17, 15) is 4.79 Å². The molecule has 2 aliphatic rings. The molecule has 2 saturated heterocycles. The van der Waals surface area contributed by atoms with E-state index in [4.69, 9.17) is 9.47 Å². The molecule has 0 saturated carbocycles. The first kappa shape index (κ1) is 15.6. The first-order valence-corrected chi connectivity index (χ1v) is 8.73. The summed E-state index contributed by atoms with van der Waals surface area (Å²) in [6, 6.07) is 14.7. The molecule has 2 aromatic rings. The van der Waals surface area contributed by atoms with Crippen LogP contribution in [0.2, 0.25) is 0 Å². The summed E-state index contributed by atoms with van der Waals surface area (Å²) in [4.78, 5) is 14.1. The Morgan fingerprint density at radius 2 is 2.00 bits per heavy atom. The van der Waals surface area contributed by atoms with Crippen LogP contribution in [0.4, 0.5) is 0 Å². The van der Waals surface area contributed by atoms with Gasteiger partial charge in [-0.25, -0.2) is 0 Å². The van der Waals surface area contributed by atoms with Gasteiger partial charge >= 0.3 is 0 Å². The van der Waals surface area contributed by atoms with Crippen LogP contribution in [0.25, 0.3) is 10.8 Å². The minimum absolute atomic E-state index is 0.160. The zero-order chi connectivity index (χ0) is 16.4. The lowest BCUT2D eigenvalue weighted by atomic mass is 10.0. The minimum atomic E-state index is 0.160. The second-order valence-electron chi connectivity index (χ2n) is 6.80. The Kier molecular flexibility index (Phi) is 4.50. The van der Waals surface area contributed by atoms with E-state index in [0.29, 0.717) is 18.9 Å². The van der Waals surface area contributed by atoms with E-state index in [-0.39, 0.29) is 12.0 Å². The molecule has 2 aliphatic heterocycles. The Morgan fingerprint density at radius 3 is 2.83 bits per heavy atom. The van der Waals surface area contributed by atoms with Gasteiger partial charge in [-0.2, -0.15) is 0 Å². The van der Waals surface area contributed by atoms with E-state index in [1.54, 1.807) is 0 Å². The average molecular weight is 325 g/mol. The van der Waals surface area contributed by atoms with Gasteiger partial charge in [0.05, 0.1) is 12.7 Å². The van der Waals surface area contributed by atoms with Crippen LogP contribution >= 0.6 is 0 Å². The van der Waals surface area contributed by atoms with Crippen molar-refractivity contribution in [1.29, 1.82) is 0 Å². The normalized spacial score (nSPS) is 21.2.